The highest BCUT2D eigenvalue weighted by Crippen LogP contribution is 2.16. The molecule has 0 aliphatic rings. The van der Waals surface area contributed by atoms with Crippen molar-refractivity contribution in [3.05, 3.63) is 24.3 Å². The van der Waals surface area contributed by atoms with Crippen molar-refractivity contribution < 1.29 is 24.5 Å². The Morgan fingerprint density at radius 3 is 1.18 bits per heavy atom. The molecule has 0 bridgehead atoms. The second-order valence-corrected chi connectivity index (χ2v) is 18.2. The van der Waals surface area contributed by atoms with Crippen LogP contribution in [0.1, 0.15) is 284 Å². The average Bonchev–Trinajstić information content (AvgIpc) is 3.25. The molecule has 6 heteroatoms. The Kier molecular flexibility index (Phi) is 48.6. The van der Waals surface area contributed by atoms with E-state index in [1.165, 1.54) is 193 Å². The van der Waals surface area contributed by atoms with Crippen molar-refractivity contribution in [1.82, 2.24) is 5.32 Å². The molecule has 0 aromatic rings. The first-order chi connectivity index (χ1) is 29.5. The van der Waals surface area contributed by atoms with Crippen LogP contribution in [-0.2, 0) is 14.3 Å². The number of hydrogen-bond donors (Lipinski definition) is 3. The van der Waals surface area contributed by atoms with Gasteiger partial charge in [-0.25, -0.2) is 0 Å². The van der Waals surface area contributed by atoms with Gasteiger partial charge in [0.05, 0.1) is 25.4 Å². The third-order valence-electron chi connectivity index (χ3n) is 12.2. The van der Waals surface area contributed by atoms with Crippen molar-refractivity contribution in [1.29, 1.82) is 0 Å². The zero-order chi connectivity index (χ0) is 43.7. The summed E-state index contributed by atoms with van der Waals surface area (Å²) >= 11 is 0. The van der Waals surface area contributed by atoms with Gasteiger partial charge in [-0.2, -0.15) is 0 Å². The Labute approximate surface area is 373 Å². The fourth-order valence-corrected chi connectivity index (χ4v) is 8.10. The number of esters is 1. The topological polar surface area (TPSA) is 95.9 Å². The van der Waals surface area contributed by atoms with Crippen LogP contribution in [0.3, 0.4) is 0 Å². The second-order valence-electron chi connectivity index (χ2n) is 18.2. The summed E-state index contributed by atoms with van der Waals surface area (Å²) in [5, 5.41) is 23.1. The van der Waals surface area contributed by atoms with Crippen LogP contribution in [0.15, 0.2) is 24.3 Å². The molecule has 2 atom stereocenters. The third kappa shape index (κ3) is 45.9. The van der Waals surface area contributed by atoms with Gasteiger partial charge in [-0.1, -0.05) is 218 Å². The Morgan fingerprint density at radius 1 is 0.450 bits per heavy atom. The van der Waals surface area contributed by atoms with E-state index in [0.29, 0.717) is 25.9 Å². The number of carbonyl (C=O) groups excluding carboxylic acids is 2. The molecular formula is C54H103NO5. The van der Waals surface area contributed by atoms with E-state index in [-0.39, 0.29) is 18.5 Å². The largest absolute Gasteiger partial charge is 0.466 e. The highest BCUT2D eigenvalue weighted by atomic mass is 16.5. The van der Waals surface area contributed by atoms with Gasteiger partial charge < -0.3 is 20.3 Å². The van der Waals surface area contributed by atoms with Crippen LogP contribution in [0.4, 0.5) is 0 Å². The molecule has 0 aromatic heterocycles. The first kappa shape index (κ1) is 58.3. The predicted molar refractivity (Wildman–Crippen MR) is 260 cm³/mol. The maximum atomic E-state index is 12.4. The summed E-state index contributed by atoms with van der Waals surface area (Å²) in [5.41, 5.74) is 0. The molecule has 2 unspecified atom stereocenters. The van der Waals surface area contributed by atoms with E-state index in [9.17, 15) is 19.8 Å². The van der Waals surface area contributed by atoms with Crippen molar-refractivity contribution in [2.24, 2.45) is 0 Å². The van der Waals surface area contributed by atoms with Crippen LogP contribution in [0.25, 0.3) is 0 Å². The summed E-state index contributed by atoms with van der Waals surface area (Å²) in [7, 11) is 0. The van der Waals surface area contributed by atoms with Crippen molar-refractivity contribution in [2.75, 3.05) is 13.2 Å². The highest BCUT2D eigenvalue weighted by molar-refractivity contribution is 5.76. The van der Waals surface area contributed by atoms with E-state index < -0.39 is 12.1 Å². The first-order valence-corrected chi connectivity index (χ1v) is 26.6. The van der Waals surface area contributed by atoms with Crippen LogP contribution < -0.4 is 5.32 Å². The fourth-order valence-electron chi connectivity index (χ4n) is 8.10. The van der Waals surface area contributed by atoms with E-state index in [2.05, 4.69) is 43.5 Å². The third-order valence-corrected chi connectivity index (χ3v) is 12.2. The Hall–Kier alpha value is -1.66. The van der Waals surface area contributed by atoms with Gasteiger partial charge in [0.1, 0.15) is 0 Å². The second kappa shape index (κ2) is 50.0. The van der Waals surface area contributed by atoms with E-state index in [1.54, 1.807) is 0 Å². The molecule has 6 nitrogen and oxygen atoms in total. The van der Waals surface area contributed by atoms with Gasteiger partial charge in [-0.3, -0.25) is 9.59 Å². The number of amides is 1. The lowest BCUT2D eigenvalue weighted by atomic mass is 10.0. The molecule has 0 saturated heterocycles. The Morgan fingerprint density at radius 2 is 0.783 bits per heavy atom. The Bertz CT molecular complexity index is 935. The molecule has 0 aliphatic heterocycles. The summed E-state index contributed by atoms with van der Waals surface area (Å²) in [6, 6.07) is -0.548. The number of nitrogens with one attached hydrogen (secondary N) is 1. The molecule has 0 rings (SSSR count). The van der Waals surface area contributed by atoms with Crippen LogP contribution >= 0.6 is 0 Å². The summed E-state index contributed by atoms with van der Waals surface area (Å²) in [5.74, 6) is -0.0586. The predicted octanol–water partition coefficient (Wildman–Crippen LogP) is 15.9. The zero-order valence-electron chi connectivity index (χ0n) is 40.2. The van der Waals surface area contributed by atoms with Gasteiger partial charge in [0, 0.05) is 12.8 Å². The lowest BCUT2D eigenvalue weighted by molar-refractivity contribution is -0.143. The van der Waals surface area contributed by atoms with Gasteiger partial charge >= 0.3 is 5.97 Å². The van der Waals surface area contributed by atoms with E-state index in [0.717, 1.165) is 57.8 Å². The van der Waals surface area contributed by atoms with Crippen molar-refractivity contribution in [2.45, 2.75) is 296 Å². The molecule has 0 saturated carbocycles. The van der Waals surface area contributed by atoms with E-state index >= 15 is 0 Å². The number of ether oxygens (including phenoxy) is 1. The normalized spacial score (nSPS) is 12.8. The molecule has 3 N–H and O–H groups in total. The quantitative estimate of drug-likeness (QED) is 0.0322. The zero-order valence-corrected chi connectivity index (χ0v) is 40.2. The van der Waals surface area contributed by atoms with E-state index in [1.807, 2.05) is 0 Å². The number of hydrogen-bond acceptors (Lipinski definition) is 5. The molecule has 1 amide bonds. The minimum absolute atomic E-state index is 0.00952. The number of allylic oxidation sites excluding steroid dienone is 4. The minimum Gasteiger partial charge on any atom is -0.466 e. The smallest absolute Gasteiger partial charge is 0.305 e. The maximum Gasteiger partial charge on any atom is 0.305 e. The van der Waals surface area contributed by atoms with Crippen molar-refractivity contribution >= 4 is 11.9 Å². The summed E-state index contributed by atoms with van der Waals surface area (Å²) in [4.78, 5) is 24.4. The lowest BCUT2D eigenvalue weighted by Crippen LogP contribution is -2.45. The monoisotopic (exact) mass is 846 g/mol. The lowest BCUT2D eigenvalue weighted by Gasteiger charge is -2.22. The number of rotatable bonds is 49. The minimum atomic E-state index is -0.670. The van der Waals surface area contributed by atoms with Gasteiger partial charge in [-0.05, 0) is 77.0 Å². The molecule has 0 aromatic carbocycles. The molecule has 0 heterocycles. The number of carbonyl (C=O) groups is 2. The highest BCUT2D eigenvalue weighted by Gasteiger charge is 2.20. The van der Waals surface area contributed by atoms with Crippen LogP contribution in [0.5, 0.6) is 0 Å². The molecule has 0 radical (unpaired) electrons. The van der Waals surface area contributed by atoms with Crippen molar-refractivity contribution in [3.8, 4) is 0 Å². The SMILES string of the molecule is CCCCCCCCC/C=C\CCCCCCCC(=O)OCCCCCCCC/C=C\CCCCCCCCCC(=O)NC(CO)C(O)CCCCCCCCCCCC. The van der Waals surface area contributed by atoms with Gasteiger partial charge in [0.15, 0.2) is 0 Å². The fraction of sp³-hybridized carbons (Fsp3) is 0.889. The molecule has 0 fully saturated rings. The van der Waals surface area contributed by atoms with Crippen LogP contribution in [0.2, 0.25) is 0 Å². The standard InChI is InChI=1S/C54H103NO5/c1-3-5-7-9-11-13-15-16-17-22-25-28-32-36-40-44-48-54(59)60-49-45-41-37-33-29-26-23-20-18-19-21-24-27-31-35-39-43-47-53(58)55-51(50-56)52(57)46-42-38-34-30-14-12-10-8-6-4-2/h17-18,20,22,51-52,56-57H,3-16,19,21,23-50H2,1-2H3,(H,55,58)/b20-18-,22-17-. The summed E-state index contributed by atoms with van der Waals surface area (Å²) in [6.07, 6.45) is 58.7. The van der Waals surface area contributed by atoms with Gasteiger partial charge in [-0.15, -0.1) is 0 Å². The molecule has 60 heavy (non-hydrogen) atoms. The van der Waals surface area contributed by atoms with Crippen LogP contribution in [0, 0.1) is 0 Å². The maximum absolute atomic E-state index is 12.4. The summed E-state index contributed by atoms with van der Waals surface area (Å²) < 4.78 is 5.46. The first-order valence-electron chi connectivity index (χ1n) is 26.6. The van der Waals surface area contributed by atoms with Gasteiger partial charge in [0.2, 0.25) is 5.91 Å². The summed E-state index contributed by atoms with van der Waals surface area (Å²) in [6.45, 7) is 4.91. The molecule has 354 valence electrons. The number of unbranched alkanes of at least 4 members (excludes halogenated alkanes) is 34. The van der Waals surface area contributed by atoms with Crippen LogP contribution in [-0.4, -0.2) is 47.4 Å². The van der Waals surface area contributed by atoms with E-state index in [4.69, 9.17) is 4.74 Å². The average molecular weight is 846 g/mol. The Balaban J connectivity index is 3.44. The van der Waals surface area contributed by atoms with Gasteiger partial charge in [0.25, 0.3) is 0 Å². The van der Waals surface area contributed by atoms with Crippen molar-refractivity contribution in [3.63, 3.8) is 0 Å². The number of aliphatic hydroxyl groups is 2. The number of aliphatic hydroxyl groups excluding tert-OH is 2. The molecule has 0 aliphatic carbocycles. The molecule has 0 spiro atoms. The molecular weight excluding hydrogens is 743 g/mol.